The summed E-state index contributed by atoms with van der Waals surface area (Å²) in [4.78, 5) is 36.2. The van der Waals surface area contributed by atoms with Crippen LogP contribution in [0, 0.1) is 31.6 Å². The van der Waals surface area contributed by atoms with Crippen LogP contribution >= 0.6 is 0 Å². The largest absolute Gasteiger partial charge is 0.486 e. The molecular weight excluding hydrogens is 919 g/mol. The first-order chi connectivity index (χ1) is 35.5. The van der Waals surface area contributed by atoms with Gasteiger partial charge in [0, 0.05) is 36.3 Å². The normalized spacial score (nSPS) is 21.2. The SMILES string of the molecule is CC[C@H]1COc2ccc3nc(C)ccc3c2O1.CN1C(=O)COc2ccc(CCC3CCNCC3)cc21.Cc1ccc2c3c(ccc2n1)OC[C@H](CC1CCC(CCc2ccc4c(c2)N(C)C(=O)CO4)CC1)O3. The zero-order chi connectivity index (χ0) is 50.4. The van der Waals surface area contributed by atoms with Crippen molar-refractivity contribution in [3.05, 3.63) is 107 Å². The molecule has 2 amide bonds. The zero-order valence-corrected chi connectivity index (χ0v) is 43.3. The lowest BCUT2D eigenvalue weighted by Crippen LogP contribution is -2.35. The Morgan fingerprint density at radius 2 is 1.01 bits per heavy atom. The van der Waals surface area contributed by atoms with Gasteiger partial charge >= 0.3 is 0 Å². The summed E-state index contributed by atoms with van der Waals surface area (Å²) in [6, 6.07) is 28.6. The number of carbonyl (C=O) groups excluding carboxylic acids is 2. The molecule has 7 heterocycles. The molecular formula is C60H71N5O8. The number of nitrogens with zero attached hydrogens (tertiary/aromatic N) is 4. The van der Waals surface area contributed by atoms with E-state index in [4.69, 9.17) is 28.4 Å². The first kappa shape index (κ1) is 50.0. The number of ether oxygens (including phenoxy) is 6. The highest BCUT2D eigenvalue weighted by Crippen LogP contribution is 2.42. The maximum Gasteiger partial charge on any atom is 0.264 e. The lowest BCUT2D eigenvalue weighted by molar-refractivity contribution is -0.121. The summed E-state index contributed by atoms with van der Waals surface area (Å²) in [6.45, 7) is 9.95. The van der Waals surface area contributed by atoms with E-state index in [1.165, 1.54) is 62.5 Å². The predicted molar refractivity (Wildman–Crippen MR) is 286 cm³/mol. The molecule has 13 heteroatoms. The van der Waals surface area contributed by atoms with Gasteiger partial charge in [-0.05, 0) is 180 Å². The van der Waals surface area contributed by atoms with Crippen LogP contribution in [-0.2, 0) is 22.4 Å². The van der Waals surface area contributed by atoms with E-state index in [0.29, 0.717) is 19.1 Å². The van der Waals surface area contributed by atoms with E-state index in [2.05, 4.69) is 58.6 Å². The first-order valence-corrected chi connectivity index (χ1v) is 26.7. The number of piperidine rings is 1. The Hall–Kier alpha value is -6.60. The first-order valence-electron chi connectivity index (χ1n) is 26.7. The predicted octanol–water partition coefficient (Wildman–Crippen LogP) is 10.9. The van der Waals surface area contributed by atoms with E-state index in [1.54, 1.807) is 9.80 Å². The van der Waals surface area contributed by atoms with Gasteiger partial charge in [0.15, 0.2) is 36.2 Å². The summed E-state index contributed by atoms with van der Waals surface area (Å²) < 4.78 is 35.3. The molecule has 0 unspecified atom stereocenters. The third-order valence-electron chi connectivity index (χ3n) is 15.6. The van der Waals surface area contributed by atoms with Crippen molar-refractivity contribution in [3.63, 3.8) is 0 Å². The number of likely N-dealkylation sites (N-methyl/N-ethyl adjacent to an activating group) is 2. The van der Waals surface area contributed by atoms with Gasteiger partial charge < -0.3 is 43.5 Å². The monoisotopic (exact) mass is 990 g/mol. The van der Waals surface area contributed by atoms with E-state index in [9.17, 15) is 9.59 Å². The van der Waals surface area contributed by atoms with Crippen molar-refractivity contribution in [3.8, 4) is 34.5 Å². The summed E-state index contributed by atoms with van der Waals surface area (Å²) in [5, 5.41) is 5.48. The Labute approximate surface area is 429 Å². The number of hydrogen-bond donors (Lipinski definition) is 1. The highest BCUT2D eigenvalue weighted by molar-refractivity contribution is 5.98. The minimum Gasteiger partial charge on any atom is -0.486 e. The van der Waals surface area contributed by atoms with Crippen LogP contribution in [0.4, 0.5) is 11.4 Å². The molecule has 6 aromatic rings. The summed E-state index contributed by atoms with van der Waals surface area (Å²) in [5.74, 6) is 7.29. The minimum atomic E-state index is 0.00811. The molecule has 0 radical (unpaired) electrons. The van der Waals surface area contributed by atoms with Crippen molar-refractivity contribution in [1.29, 1.82) is 0 Å². The Morgan fingerprint density at radius 3 is 1.53 bits per heavy atom. The van der Waals surface area contributed by atoms with Crippen LogP contribution in [0.2, 0.25) is 0 Å². The summed E-state index contributed by atoms with van der Waals surface area (Å²) in [7, 11) is 3.65. The number of fused-ring (bicyclic) bond motifs is 8. The second-order valence-electron chi connectivity index (χ2n) is 20.8. The average Bonchev–Trinajstić information content (AvgIpc) is 3.42. The number of aromatic nitrogens is 2. The van der Waals surface area contributed by atoms with Crippen molar-refractivity contribution < 1.29 is 38.0 Å². The highest BCUT2D eigenvalue weighted by Gasteiger charge is 2.30. The molecule has 0 bridgehead atoms. The fraction of sp³-hybridized carbons (Fsp3) is 0.467. The van der Waals surface area contributed by atoms with Gasteiger partial charge in [-0.2, -0.15) is 0 Å². The van der Waals surface area contributed by atoms with Gasteiger partial charge in [0.1, 0.15) is 36.9 Å². The van der Waals surface area contributed by atoms with Crippen LogP contribution < -0.4 is 43.5 Å². The molecule has 12 rings (SSSR count). The van der Waals surface area contributed by atoms with Crippen LogP contribution in [0.15, 0.2) is 84.9 Å². The molecule has 6 aliphatic rings. The van der Waals surface area contributed by atoms with Crippen LogP contribution in [0.25, 0.3) is 21.8 Å². The van der Waals surface area contributed by atoms with Crippen LogP contribution in [0.3, 0.4) is 0 Å². The molecule has 2 aromatic heterocycles. The van der Waals surface area contributed by atoms with E-state index < -0.39 is 0 Å². The second-order valence-corrected chi connectivity index (χ2v) is 20.8. The third-order valence-corrected chi connectivity index (χ3v) is 15.6. The molecule has 2 atom stereocenters. The van der Waals surface area contributed by atoms with Crippen LogP contribution in [0.5, 0.6) is 34.5 Å². The van der Waals surface area contributed by atoms with E-state index in [0.717, 1.165) is 130 Å². The highest BCUT2D eigenvalue weighted by atomic mass is 16.6. The van der Waals surface area contributed by atoms with Crippen LogP contribution in [0.1, 0.15) is 93.6 Å². The number of amides is 2. The van der Waals surface area contributed by atoms with Crippen LogP contribution in [-0.4, -0.2) is 87.6 Å². The number of nitrogens with one attached hydrogen (secondary N) is 1. The number of carbonyl (C=O) groups is 2. The Bertz CT molecular complexity index is 2930. The fourth-order valence-electron chi connectivity index (χ4n) is 11.1. The maximum absolute atomic E-state index is 12.0. The topological polar surface area (TPSA) is 134 Å². The van der Waals surface area contributed by atoms with Gasteiger partial charge in [-0.1, -0.05) is 44.7 Å². The standard InChI is InChI=1S/C30H34N2O4.C16H22N2O2.C14H15NO2/c1-19-3-11-24-25(31-19)12-14-28-30(24)36-23(17-34-28)15-21-7-4-20(5-8-21)6-9-22-10-13-27-26(16-22)32(2)29(33)18-35-27;1-18-14-10-13(3-2-12-6-8-17-9-7-12)4-5-15(14)20-11-16(18)19;1-3-10-8-16-13-7-6-12-11(14(13)17-10)5-4-9(2)15-12/h3,10-14,16,20-21,23H,4-9,15,17-18H2,1-2H3;4-5,10,12,17H,2-3,6-9,11H2,1H3;4-7,10H,3,8H2,1-2H3/t20?,21?,23-;;10-/m0.0/s1. The van der Waals surface area contributed by atoms with E-state index in [1.807, 2.05) is 76.5 Å². The lowest BCUT2D eigenvalue weighted by Gasteiger charge is -2.33. The van der Waals surface area contributed by atoms with E-state index in [-0.39, 0.29) is 37.2 Å². The minimum absolute atomic E-state index is 0.00811. The molecule has 5 aliphatic heterocycles. The average molecular weight is 990 g/mol. The second kappa shape index (κ2) is 22.7. The fourth-order valence-corrected chi connectivity index (χ4v) is 11.1. The van der Waals surface area contributed by atoms with Gasteiger partial charge in [-0.15, -0.1) is 0 Å². The summed E-state index contributed by atoms with van der Waals surface area (Å²) >= 11 is 0. The molecule has 0 spiro atoms. The number of benzene rings is 4. The van der Waals surface area contributed by atoms with Crippen molar-refractivity contribution in [2.75, 3.05) is 63.4 Å². The third kappa shape index (κ3) is 11.8. The molecule has 1 saturated carbocycles. The summed E-state index contributed by atoms with van der Waals surface area (Å²) in [5.41, 5.74) is 8.33. The number of rotatable bonds is 9. The number of pyridine rings is 2. The molecule has 1 aliphatic carbocycles. The van der Waals surface area contributed by atoms with Gasteiger partial charge in [-0.3, -0.25) is 19.6 Å². The number of aryl methyl sites for hydroxylation is 4. The molecule has 1 saturated heterocycles. The molecule has 13 nitrogen and oxygen atoms in total. The smallest absolute Gasteiger partial charge is 0.264 e. The van der Waals surface area contributed by atoms with Gasteiger partial charge in [0.2, 0.25) is 0 Å². The molecule has 2 fully saturated rings. The van der Waals surface area contributed by atoms with Gasteiger partial charge in [-0.25, -0.2) is 0 Å². The van der Waals surface area contributed by atoms with Crippen molar-refractivity contribution in [1.82, 2.24) is 15.3 Å². The molecule has 384 valence electrons. The van der Waals surface area contributed by atoms with Crippen molar-refractivity contribution in [2.45, 2.75) is 110 Å². The zero-order valence-electron chi connectivity index (χ0n) is 43.3. The Balaban J connectivity index is 0.000000139. The van der Waals surface area contributed by atoms with Crippen molar-refractivity contribution in [2.24, 2.45) is 17.8 Å². The molecule has 4 aromatic carbocycles. The molecule has 1 N–H and O–H groups in total. The number of anilines is 2. The molecule has 73 heavy (non-hydrogen) atoms. The maximum atomic E-state index is 12.0. The number of hydrogen-bond acceptors (Lipinski definition) is 11. The summed E-state index contributed by atoms with van der Waals surface area (Å²) in [6.07, 6.45) is 14.4. The van der Waals surface area contributed by atoms with Gasteiger partial charge in [0.25, 0.3) is 11.8 Å². The van der Waals surface area contributed by atoms with Gasteiger partial charge in [0.05, 0.1) is 22.4 Å². The Morgan fingerprint density at radius 1 is 0.548 bits per heavy atom. The lowest BCUT2D eigenvalue weighted by atomic mass is 9.77. The Kier molecular flexibility index (Phi) is 15.5. The van der Waals surface area contributed by atoms with Crippen molar-refractivity contribution >= 4 is 45.0 Å². The van der Waals surface area contributed by atoms with E-state index >= 15 is 0 Å². The quantitative estimate of drug-likeness (QED) is 0.148.